The molecule has 0 radical (unpaired) electrons. The molecule has 0 aliphatic carbocycles. The lowest BCUT2D eigenvalue weighted by atomic mass is 10.0. The Hall–Kier alpha value is -1.75. The van der Waals surface area contributed by atoms with Crippen molar-refractivity contribution in [1.29, 1.82) is 0 Å². The SMILES string of the molecule is COCCn1c(=NC(=O)CS(=O)(=O)CC(=O)N2CCCCC2C)sc2cc(Cl)ccc21. The zero-order chi connectivity index (χ0) is 22.6. The molecule has 0 spiro atoms. The lowest BCUT2D eigenvalue weighted by Crippen LogP contribution is -2.45. The van der Waals surface area contributed by atoms with Gasteiger partial charge in [0.15, 0.2) is 14.6 Å². The second-order valence-corrected chi connectivity index (χ2v) is 11.1. The predicted molar refractivity (Wildman–Crippen MR) is 121 cm³/mol. The van der Waals surface area contributed by atoms with E-state index in [1.54, 1.807) is 28.7 Å². The molecular formula is C20H26ClN3O5S2. The van der Waals surface area contributed by atoms with Crippen LogP contribution in [0.15, 0.2) is 23.2 Å². The summed E-state index contributed by atoms with van der Waals surface area (Å²) in [5, 5.41) is 0.554. The number of hydrogen-bond acceptors (Lipinski definition) is 6. The molecule has 1 atom stereocenters. The number of rotatable bonds is 7. The highest BCUT2D eigenvalue weighted by atomic mass is 35.5. The molecule has 1 saturated heterocycles. The van der Waals surface area contributed by atoms with Gasteiger partial charge in [0.1, 0.15) is 11.5 Å². The molecule has 2 amide bonds. The number of hydrogen-bond donors (Lipinski definition) is 0. The Bertz CT molecular complexity index is 1140. The van der Waals surface area contributed by atoms with Crippen molar-refractivity contribution >= 4 is 54.8 Å². The molecule has 0 saturated carbocycles. The van der Waals surface area contributed by atoms with Crippen molar-refractivity contribution in [1.82, 2.24) is 9.47 Å². The minimum absolute atomic E-state index is 0.0157. The second kappa shape index (κ2) is 10.2. The fourth-order valence-electron chi connectivity index (χ4n) is 3.65. The van der Waals surface area contributed by atoms with Gasteiger partial charge in [0.2, 0.25) is 5.91 Å². The number of nitrogens with zero attached hydrogens (tertiary/aromatic N) is 3. The summed E-state index contributed by atoms with van der Waals surface area (Å²) in [4.78, 5) is 30.9. The monoisotopic (exact) mass is 487 g/mol. The van der Waals surface area contributed by atoms with Crippen molar-refractivity contribution in [2.24, 2.45) is 4.99 Å². The van der Waals surface area contributed by atoms with Crippen LogP contribution in [-0.2, 0) is 30.7 Å². The molecule has 1 aromatic heterocycles. The highest BCUT2D eigenvalue weighted by Crippen LogP contribution is 2.22. The summed E-state index contributed by atoms with van der Waals surface area (Å²) < 4.78 is 32.7. The molecule has 2 heterocycles. The normalized spacial score (nSPS) is 18.0. The van der Waals surface area contributed by atoms with Gasteiger partial charge in [-0.05, 0) is 44.4 Å². The van der Waals surface area contributed by atoms with Crippen LogP contribution in [0.4, 0.5) is 0 Å². The van der Waals surface area contributed by atoms with Gasteiger partial charge in [0.05, 0.1) is 16.8 Å². The summed E-state index contributed by atoms with van der Waals surface area (Å²) in [6.07, 6.45) is 2.75. The van der Waals surface area contributed by atoms with Crippen molar-refractivity contribution < 1.29 is 22.7 Å². The second-order valence-electron chi connectivity index (χ2n) is 7.61. The number of methoxy groups -OCH3 is 1. The highest BCUT2D eigenvalue weighted by molar-refractivity contribution is 7.92. The lowest BCUT2D eigenvalue weighted by molar-refractivity contribution is -0.131. The molecule has 11 heteroatoms. The molecule has 1 unspecified atom stereocenters. The fraction of sp³-hybridized carbons (Fsp3) is 0.550. The number of sulfone groups is 1. The molecule has 31 heavy (non-hydrogen) atoms. The van der Waals surface area contributed by atoms with Crippen molar-refractivity contribution in [2.45, 2.75) is 38.8 Å². The van der Waals surface area contributed by atoms with Gasteiger partial charge in [0, 0.05) is 31.3 Å². The molecule has 8 nitrogen and oxygen atoms in total. The minimum atomic E-state index is -3.92. The molecule has 0 N–H and O–H groups in total. The average molecular weight is 488 g/mol. The quantitative estimate of drug-likeness (QED) is 0.596. The maximum absolute atomic E-state index is 12.5. The summed E-state index contributed by atoms with van der Waals surface area (Å²) in [6.45, 7) is 3.31. The Morgan fingerprint density at radius 1 is 1.29 bits per heavy atom. The van der Waals surface area contributed by atoms with E-state index >= 15 is 0 Å². The molecule has 1 fully saturated rings. The van der Waals surface area contributed by atoms with Gasteiger partial charge in [-0.25, -0.2) is 8.42 Å². The molecule has 3 rings (SSSR count). The number of carbonyl (C=O) groups excluding carboxylic acids is 2. The third-order valence-electron chi connectivity index (χ3n) is 5.19. The summed E-state index contributed by atoms with van der Waals surface area (Å²) in [5.41, 5.74) is 0.829. The van der Waals surface area contributed by atoms with E-state index < -0.39 is 33.2 Å². The Kier molecular flexibility index (Phi) is 7.90. The van der Waals surface area contributed by atoms with E-state index in [0.717, 1.165) is 29.5 Å². The molecule has 2 aromatic rings. The van der Waals surface area contributed by atoms with Crippen LogP contribution < -0.4 is 4.80 Å². The zero-order valence-corrected chi connectivity index (χ0v) is 19.9. The number of benzene rings is 1. The molecule has 170 valence electrons. The first-order chi connectivity index (χ1) is 14.7. The molecular weight excluding hydrogens is 462 g/mol. The van der Waals surface area contributed by atoms with Crippen molar-refractivity contribution in [3.8, 4) is 0 Å². The largest absolute Gasteiger partial charge is 0.383 e. The summed E-state index contributed by atoms with van der Waals surface area (Å²) in [5.74, 6) is -2.74. The first kappa shape index (κ1) is 23.9. The Balaban J connectivity index is 1.79. The average Bonchev–Trinajstić information content (AvgIpc) is 3.01. The van der Waals surface area contributed by atoms with Crippen LogP contribution in [0.5, 0.6) is 0 Å². The van der Waals surface area contributed by atoms with Gasteiger partial charge >= 0.3 is 0 Å². The number of carbonyl (C=O) groups is 2. The van der Waals surface area contributed by atoms with Gasteiger partial charge in [-0.3, -0.25) is 9.59 Å². The fourth-order valence-corrected chi connectivity index (χ4v) is 6.08. The van der Waals surface area contributed by atoms with E-state index in [-0.39, 0.29) is 6.04 Å². The van der Waals surface area contributed by atoms with Gasteiger partial charge in [-0.1, -0.05) is 22.9 Å². The topological polar surface area (TPSA) is 98.0 Å². The number of ether oxygens (including phenoxy) is 1. The van der Waals surface area contributed by atoms with E-state index in [1.165, 1.54) is 11.3 Å². The molecule has 1 aromatic carbocycles. The van der Waals surface area contributed by atoms with E-state index in [1.807, 2.05) is 13.0 Å². The van der Waals surface area contributed by atoms with Gasteiger partial charge in [0.25, 0.3) is 5.91 Å². The summed E-state index contributed by atoms with van der Waals surface area (Å²) >= 11 is 7.31. The minimum Gasteiger partial charge on any atom is -0.383 e. The standard InChI is InChI=1S/C20H26ClN3O5S2/c1-14-5-3-4-8-23(14)19(26)13-31(27,28)12-18(25)22-20-24(9-10-29-2)16-7-6-15(21)11-17(16)30-20/h6-7,11,14H,3-5,8-10,12-13H2,1-2H3. The van der Waals surface area contributed by atoms with Crippen LogP contribution in [-0.4, -0.2) is 67.5 Å². The first-order valence-corrected chi connectivity index (χ1v) is 13.1. The number of amides is 2. The third kappa shape index (κ3) is 6.15. The first-order valence-electron chi connectivity index (χ1n) is 10.1. The maximum atomic E-state index is 12.5. The number of aromatic nitrogens is 1. The van der Waals surface area contributed by atoms with Crippen LogP contribution in [0.1, 0.15) is 26.2 Å². The Morgan fingerprint density at radius 2 is 2.06 bits per heavy atom. The number of halogens is 1. The van der Waals surface area contributed by atoms with Crippen molar-refractivity contribution in [3.05, 3.63) is 28.0 Å². The maximum Gasteiger partial charge on any atom is 0.263 e. The van der Waals surface area contributed by atoms with E-state index in [4.69, 9.17) is 16.3 Å². The van der Waals surface area contributed by atoms with Crippen LogP contribution in [0.25, 0.3) is 10.2 Å². The smallest absolute Gasteiger partial charge is 0.263 e. The van der Waals surface area contributed by atoms with Crippen LogP contribution >= 0.6 is 22.9 Å². The van der Waals surface area contributed by atoms with Gasteiger partial charge < -0.3 is 14.2 Å². The third-order valence-corrected chi connectivity index (χ3v) is 7.84. The molecule has 0 bridgehead atoms. The lowest BCUT2D eigenvalue weighted by Gasteiger charge is -2.33. The number of likely N-dealkylation sites (tertiary alicyclic amines) is 1. The number of piperidine rings is 1. The van der Waals surface area contributed by atoms with Crippen LogP contribution in [0.2, 0.25) is 5.02 Å². The van der Waals surface area contributed by atoms with Gasteiger partial charge in [-0.15, -0.1) is 0 Å². The van der Waals surface area contributed by atoms with Crippen molar-refractivity contribution in [3.63, 3.8) is 0 Å². The molecule has 1 aliphatic rings. The number of thiazole rings is 1. The van der Waals surface area contributed by atoms with Crippen molar-refractivity contribution in [2.75, 3.05) is 31.8 Å². The van der Waals surface area contributed by atoms with E-state index in [2.05, 4.69) is 4.99 Å². The predicted octanol–water partition coefficient (Wildman–Crippen LogP) is 2.25. The Labute approximate surface area is 190 Å². The highest BCUT2D eigenvalue weighted by Gasteiger charge is 2.28. The van der Waals surface area contributed by atoms with E-state index in [9.17, 15) is 18.0 Å². The van der Waals surface area contributed by atoms with Gasteiger partial charge in [-0.2, -0.15) is 4.99 Å². The zero-order valence-electron chi connectivity index (χ0n) is 17.5. The number of fused-ring (bicyclic) bond motifs is 1. The summed E-state index contributed by atoms with van der Waals surface area (Å²) in [6, 6.07) is 5.34. The summed E-state index contributed by atoms with van der Waals surface area (Å²) in [7, 11) is -2.35. The van der Waals surface area contributed by atoms with Crippen LogP contribution in [0, 0.1) is 0 Å². The van der Waals surface area contributed by atoms with Crippen LogP contribution in [0.3, 0.4) is 0 Å². The van der Waals surface area contributed by atoms with E-state index in [0.29, 0.717) is 29.5 Å². The Morgan fingerprint density at radius 3 is 2.77 bits per heavy atom. The molecule has 1 aliphatic heterocycles.